The lowest BCUT2D eigenvalue weighted by molar-refractivity contribution is 0.0992. The predicted molar refractivity (Wildman–Crippen MR) is 65.3 cm³/mol. The van der Waals surface area contributed by atoms with Crippen LogP contribution in [-0.4, -0.2) is 5.78 Å². The van der Waals surface area contributed by atoms with Crippen LogP contribution in [0.1, 0.15) is 15.9 Å². The molecule has 0 saturated heterocycles. The van der Waals surface area contributed by atoms with E-state index < -0.39 is 0 Å². The average molecular weight is 280 g/mol. The van der Waals surface area contributed by atoms with Crippen LogP contribution in [0.3, 0.4) is 0 Å². The van der Waals surface area contributed by atoms with Crippen LogP contribution >= 0.6 is 15.9 Å². The molecule has 1 aromatic carbocycles. The highest BCUT2D eigenvalue weighted by molar-refractivity contribution is 9.10. The molecule has 0 bridgehead atoms. The fraction of sp³-hybridized carbons (Fsp3) is 0.0833. The molecule has 2 aromatic rings. The lowest BCUT2D eigenvalue weighted by Crippen LogP contribution is -2.04. The van der Waals surface area contributed by atoms with Crippen LogP contribution in [0.4, 0.5) is 5.69 Å². The Balaban J connectivity index is 2.24. The summed E-state index contributed by atoms with van der Waals surface area (Å²) in [6.45, 7) is 0. The summed E-state index contributed by atoms with van der Waals surface area (Å²) in [5, 5.41) is 0. The molecule has 0 fully saturated rings. The van der Waals surface area contributed by atoms with Crippen LogP contribution in [-0.2, 0) is 6.42 Å². The lowest BCUT2D eigenvalue weighted by atomic mass is 10.0. The quantitative estimate of drug-likeness (QED) is 0.694. The summed E-state index contributed by atoms with van der Waals surface area (Å²) >= 11 is 3.34. The van der Waals surface area contributed by atoms with Gasteiger partial charge >= 0.3 is 0 Å². The molecule has 82 valence electrons. The molecule has 2 rings (SSSR count). The number of benzene rings is 1. The van der Waals surface area contributed by atoms with Crippen molar-refractivity contribution in [1.82, 2.24) is 0 Å². The fourth-order valence-electron chi connectivity index (χ4n) is 1.43. The minimum absolute atomic E-state index is 0.0144. The molecule has 4 heteroatoms. The van der Waals surface area contributed by atoms with E-state index in [-0.39, 0.29) is 5.78 Å². The van der Waals surface area contributed by atoms with Crippen molar-refractivity contribution in [3.05, 3.63) is 52.4 Å². The Bertz CT molecular complexity index is 506. The van der Waals surface area contributed by atoms with Gasteiger partial charge in [-0.2, -0.15) is 0 Å². The molecular formula is C12H10BrNO2. The number of carbonyl (C=O) groups excluding carboxylic acids is 1. The minimum atomic E-state index is 0.0144. The van der Waals surface area contributed by atoms with E-state index in [1.807, 2.05) is 0 Å². The number of nitrogen functional groups attached to an aromatic ring is 1. The molecule has 0 aliphatic rings. The number of halogens is 1. The van der Waals surface area contributed by atoms with Crippen LogP contribution in [0.2, 0.25) is 0 Å². The van der Waals surface area contributed by atoms with Gasteiger partial charge in [0.05, 0.1) is 12.5 Å². The summed E-state index contributed by atoms with van der Waals surface area (Å²) in [5.74, 6) is 0.0144. The highest BCUT2D eigenvalue weighted by atomic mass is 79.9. The molecule has 0 amide bonds. The van der Waals surface area contributed by atoms with Crippen molar-refractivity contribution in [1.29, 1.82) is 0 Å². The van der Waals surface area contributed by atoms with Crippen molar-refractivity contribution in [2.24, 2.45) is 0 Å². The maximum atomic E-state index is 12.0. The minimum Gasteiger partial charge on any atom is -0.472 e. The van der Waals surface area contributed by atoms with Gasteiger partial charge in [-0.1, -0.05) is 15.9 Å². The second kappa shape index (κ2) is 4.53. The van der Waals surface area contributed by atoms with Gasteiger partial charge in [0.15, 0.2) is 5.78 Å². The van der Waals surface area contributed by atoms with Gasteiger partial charge in [0.25, 0.3) is 0 Å². The summed E-state index contributed by atoms with van der Waals surface area (Å²) in [4.78, 5) is 12.0. The van der Waals surface area contributed by atoms with Crippen molar-refractivity contribution >= 4 is 27.4 Å². The lowest BCUT2D eigenvalue weighted by Gasteiger charge is -2.03. The maximum absolute atomic E-state index is 12.0. The van der Waals surface area contributed by atoms with Crippen LogP contribution in [0.25, 0.3) is 0 Å². The predicted octanol–water partition coefficient (Wildman–Crippen LogP) is 3.05. The smallest absolute Gasteiger partial charge is 0.168 e. The van der Waals surface area contributed by atoms with Gasteiger partial charge < -0.3 is 10.2 Å². The molecule has 1 heterocycles. The van der Waals surface area contributed by atoms with Crippen LogP contribution in [0, 0.1) is 0 Å². The molecule has 0 aliphatic heterocycles. The highest BCUT2D eigenvalue weighted by Gasteiger charge is 2.11. The van der Waals surface area contributed by atoms with E-state index in [4.69, 9.17) is 10.2 Å². The first-order chi connectivity index (χ1) is 7.66. The van der Waals surface area contributed by atoms with Crippen molar-refractivity contribution in [3.63, 3.8) is 0 Å². The maximum Gasteiger partial charge on any atom is 0.168 e. The Morgan fingerprint density at radius 2 is 2.19 bits per heavy atom. The number of furan rings is 1. The standard InChI is InChI=1S/C12H10BrNO2/c13-11-2-1-9(14)6-10(11)12(15)5-8-3-4-16-7-8/h1-4,6-7H,5,14H2. The van der Waals surface area contributed by atoms with Gasteiger partial charge in [-0.3, -0.25) is 4.79 Å². The van der Waals surface area contributed by atoms with Gasteiger partial charge in [-0.05, 0) is 29.8 Å². The zero-order chi connectivity index (χ0) is 11.5. The molecule has 16 heavy (non-hydrogen) atoms. The molecular weight excluding hydrogens is 270 g/mol. The van der Waals surface area contributed by atoms with E-state index in [1.165, 1.54) is 0 Å². The van der Waals surface area contributed by atoms with Gasteiger partial charge in [0.1, 0.15) is 0 Å². The zero-order valence-corrected chi connectivity index (χ0v) is 10.0. The monoisotopic (exact) mass is 279 g/mol. The van der Waals surface area contributed by atoms with Crippen LogP contribution in [0.5, 0.6) is 0 Å². The Hall–Kier alpha value is -1.55. The fourth-order valence-corrected chi connectivity index (χ4v) is 1.90. The third-order valence-electron chi connectivity index (χ3n) is 2.24. The van der Waals surface area contributed by atoms with Crippen molar-refractivity contribution < 1.29 is 9.21 Å². The largest absolute Gasteiger partial charge is 0.472 e. The summed E-state index contributed by atoms with van der Waals surface area (Å²) in [6.07, 6.45) is 3.44. The third kappa shape index (κ3) is 2.33. The van der Waals surface area contributed by atoms with Gasteiger partial charge in [-0.15, -0.1) is 0 Å². The van der Waals surface area contributed by atoms with E-state index in [9.17, 15) is 4.79 Å². The Morgan fingerprint density at radius 3 is 2.88 bits per heavy atom. The van der Waals surface area contributed by atoms with E-state index in [1.54, 1.807) is 36.8 Å². The van der Waals surface area contributed by atoms with Gasteiger partial charge in [-0.25, -0.2) is 0 Å². The van der Waals surface area contributed by atoms with E-state index in [0.29, 0.717) is 17.7 Å². The molecule has 0 saturated carbocycles. The molecule has 0 atom stereocenters. The second-order valence-electron chi connectivity index (χ2n) is 3.47. The Kier molecular flexibility index (Phi) is 3.10. The van der Waals surface area contributed by atoms with Gasteiger partial charge in [0, 0.05) is 22.1 Å². The number of anilines is 1. The number of Topliss-reactive ketones (excluding diaryl/α,β-unsaturated/α-hetero) is 1. The molecule has 0 radical (unpaired) electrons. The highest BCUT2D eigenvalue weighted by Crippen LogP contribution is 2.21. The average Bonchev–Trinajstić information content (AvgIpc) is 2.74. The summed E-state index contributed by atoms with van der Waals surface area (Å²) in [7, 11) is 0. The van der Waals surface area contributed by atoms with Crippen molar-refractivity contribution in [2.75, 3.05) is 5.73 Å². The molecule has 1 aromatic heterocycles. The number of hydrogen-bond acceptors (Lipinski definition) is 3. The number of carbonyl (C=O) groups is 1. The Morgan fingerprint density at radius 1 is 1.38 bits per heavy atom. The van der Waals surface area contributed by atoms with Crippen molar-refractivity contribution in [2.45, 2.75) is 6.42 Å². The van der Waals surface area contributed by atoms with E-state index in [0.717, 1.165) is 10.0 Å². The van der Waals surface area contributed by atoms with Gasteiger partial charge in [0.2, 0.25) is 0 Å². The van der Waals surface area contributed by atoms with E-state index in [2.05, 4.69) is 15.9 Å². The summed E-state index contributed by atoms with van der Waals surface area (Å²) in [6, 6.07) is 6.97. The first-order valence-electron chi connectivity index (χ1n) is 4.76. The molecule has 3 nitrogen and oxygen atoms in total. The number of hydrogen-bond donors (Lipinski definition) is 1. The third-order valence-corrected chi connectivity index (χ3v) is 2.93. The molecule has 2 N–H and O–H groups in total. The number of ketones is 1. The molecule has 0 aliphatic carbocycles. The zero-order valence-electron chi connectivity index (χ0n) is 8.44. The summed E-state index contributed by atoms with van der Waals surface area (Å²) < 4.78 is 5.68. The topological polar surface area (TPSA) is 56.2 Å². The first kappa shape index (κ1) is 11.0. The molecule has 0 unspecified atom stereocenters. The number of nitrogens with two attached hydrogens (primary N) is 1. The summed E-state index contributed by atoms with van der Waals surface area (Å²) in [5.41, 5.74) is 7.69. The Labute approximate surface area is 101 Å². The van der Waals surface area contributed by atoms with Crippen LogP contribution in [0.15, 0.2) is 45.7 Å². The van der Waals surface area contributed by atoms with E-state index >= 15 is 0 Å². The SMILES string of the molecule is Nc1ccc(Br)c(C(=O)Cc2ccoc2)c1. The van der Waals surface area contributed by atoms with Crippen LogP contribution < -0.4 is 5.73 Å². The second-order valence-corrected chi connectivity index (χ2v) is 4.33. The first-order valence-corrected chi connectivity index (χ1v) is 5.55. The van der Waals surface area contributed by atoms with Crippen molar-refractivity contribution in [3.8, 4) is 0 Å². The molecule has 0 spiro atoms. The normalized spacial score (nSPS) is 10.3. The number of rotatable bonds is 3.